The molecule has 0 aliphatic heterocycles. The lowest BCUT2D eigenvalue weighted by Gasteiger charge is -2.08. The van der Waals surface area contributed by atoms with E-state index in [-0.39, 0.29) is 17.4 Å². The number of anilines is 1. The van der Waals surface area contributed by atoms with Crippen LogP contribution in [0.3, 0.4) is 0 Å². The minimum atomic E-state index is -4.77. The zero-order valence-corrected chi connectivity index (χ0v) is 16.6. The molecule has 2 N–H and O–H groups in total. The minimum absolute atomic E-state index is 0.151. The van der Waals surface area contributed by atoms with Crippen molar-refractivity contribution in [2.24, 2.45) is 0 Å². The van der Waals surface area contributed by atoms with Crippen molar-refractivity contribution in [3.8, 4) is 5.75 Å². The van der Waals surface area contributed by atoms with E-state index in [1.54, 1.807) is 0 Å². The first-order valence-corrected chi connectivity index (χ1v) is 9.32. The van der Waals surface area contributed by atoms with Crippen molar-refractivity contribution < 1.29 is 27.5 Å². The third-order valence-electron chi connectivity index (χ3n) is 3.09. The van der Waals surface area contributed by atoms with Gasteiger partial charge in [-0.25, -0.2) is 4.98 Å². The smallest absolute Gasteiger partial charge is 0.406 e. The van der Waals surface area contributed by atoms with Gasteiger partial charge in [-0.05, 0) is 31.6 Å². The number of thiazole rings is 1. The molecule has 2 rings (SSSR count). The van der Waals surface area contributed by atoms with Gasteiger partial charge in [-0.15, -0.1) is 13.2 Å². The second-order valence-electron chi connectivity index (χ2n) is 5.62. The molecule has 0 saturated carbocycles. The van der Waals surface area contributed by atoms with E-state index in [4.69, 9.17) is 0 Å². The fraction of sp³-hybridized carbons (Fsp3) is 0.471. The Morgan fingerprint density at radius 3 is 2.61 bits per heavy atom. The van der Waals surface area contributed by atoms with E-state index in [1.165, 1.54) is 25.6 Å². The summed E-state index contributed by atoms with van der Waals surface area (Å²) in [6.07, 6.45) is -3.03. The average Bonchev–Trinajstić information content (AvgIpc) is 3.00. The van der Waals surface area contributed by atoms with Crippen molar-refractivity contribution in [2.75, 3.05) is 32.0 Å². The Balaban J connectivity index is 0.000000568. The third kappa shape index (κ3) is 9.00. The lowest BCUT2D eigenvalue weighted by Crippen LogP contribution is -2.28. The Labute approximate surface area is 164 Å². The van der Waals surface area contributed by atoms with Gasteiger partial charge in [0.2, 0.25) is 12.3 Å². The lowest BCUT2D eigenvalue weighted by atomic mass is 10.3. The van der Waals surface area contributed by atoms with Crippen molar-refractivity contribution in [1.29, 1.82) is 0 Å². The Bertz CT molecular complexity index is 764. The highest BCUT2D eigenvalue weighted by Crippen LogP contribution is 2.31. The first-order chi connectivity index (χ1) is 13.2. The molecule has 0 radical (unpaired) electrons. The Hall–Kier alpha value is -2.40. The van der Waals surface area contributed by atoms with Crippen LogP contribution in [0.2, 0.25) is 0 Å². The molecular formula is C17H23F3N4O3S. The number of alkyl halides is 3. The summed E-state index contributed by atoms with van der Waals surface area (Å²) < 4.78 is 40.7. The van der Waals surface area contributed by atoms with Gasteiger partial charge in [-0.1, -0.05) is 25.2 Å². The monoisotopic (exact) mass is 420 g/mol. The molecule has 0 spiro atoms. The summed E-state index contributed by atoms with van der Waals surface area (Å²) in [4.78, 5) is 27.2. The number of benzene rings is 1. The van der Waals surface area contributed by atoms with Crippen LogP contribution in [0.5, 0.6) is 5.75 Å². The zero-order chi connectivity index (χ0) is 21.2. The van der Waals surface area contributed by atoms with E-state index in [9.17, 15) is 22.8 Å². The second kappa shape index (κ2) is 11.4. The van der Waals surface area contributed by atoms with Gasteiger partial charge in [-0.2, -0.15) is 0 Å². The van der Waals surface area contributed by atoms with E-state index in [0.29, 0.717) is 16.6 Å². The van der Waals surface area contributed by atoms with Gasteiger partial charge < -0.3 is 20.3 Å². The van der Waals surface area contributed by atoms with Gasteiger partial charge in [0.15, 0.2) is 5.13 Å². The molecule has 156 valence electrons. The molecule has 1 aromatic carbocycles. The maximum Gasteiger partial charge on any atom is 0.573 e. The summed E-state index contributed by atoms with van der Waals surface area (Å²) in [6, 6.07) is 3.69. The summed E-state index contributed by atoms with van der Waals surface area (Å²) in [5, 5.41) is 5.89. The number of ether oxygens (including phenoxy) is 1. The Morgan fingerprint density at radius 2 is 2.07 bits per heavy atom. The number of hydrogen-bond donors (Lipinski definition) is 2. The number of likely N-dealkylation sites (N-methyl/N-ethyl adjacent to an activating group) is 1. The first kappa shape index (κ1) is 23.6. The summed E-state index contributed by atoms with van der Waals surface area (Å²) >= 11 is 1.00. The second-order valence-corrected chi connectivity index (χ2v) is 6.65. The number of nitrogens with one attached hydrogen (secondary N) is 2. The first-order valence-electron chi connectivity index (χ1n) is 8.51. The number of hydrogen-bond acceptors (Lipinski definition) is 6. The van der Waals surface area contributed by atoms with Crippen molar-refractivity contribution >= 4 is 39.0 Å². The molecular weight excluding hydrogens is 397 g/mol. The number of nitrogens with zero attached hydrogens (tertiary/aromatic N) is 2. The Morgan fingerprint density at radius 1 is 1.36 bits per heavy atom. The highest BCUT2D eigenvalue weighted by atomic mass is 32.1. The maximum absolute atomic E-state index is 12.1. The minimum Gasteiger partial charge on any atom is -0.406 e. The van der Waals surface area contributed by atoms with Crippen LogP contribution in [0, 0.1) is 0 Å². The van der Waals surface area contributed by atoms with Crippen LogP contribution in [0.25, 0.3) is 10.2 Å². The SMILES string of the molecule is CCCNCC.CN(C=O)CC(=O)Nc1nc2ccc(OC(F)(F)F)cc2s1. The largest absolute Gasteiger partial charge is 0.573 e. The summed E-state index contributed by atoms with van der Waals surface area (Å²) in [5.41, 5.74) is 0.429. The molecule has 28 heavy (non-hydrogen) atoms. The summed E-state index contributed by atoms with van der Waals surface area (Å²) in [7, 11) is 1.44. The normalized spacial score (nSPS) is 10.8. The Kier molecular flexibility index (Phi) is 9.66. The number of aromatic nitrogens is 1. The fourth-order valence-corrected chi connectivity index (χ4v) is 2.84. The molecule has 11 heteroatoms. The molecule has 0 saturated heterocycles. The predicted octanol–water partition coefficient (Wildman–Crippen LogP) is 3.23. The number of fused-ring (bicyclic) bond motifs is 1. The van der Waals surface area contributed by atoms with Crippen LogP contribution in [0.15, 0.2) is 18.2 Å². The van der Waals surface area contributed by atoms with E-state index in [0.717, 1.165) is 35.4 Å². The van der Waals surface area contributed by atoms with Crippen molar-refractivity contribution in [2.45, 2.75) is 26.6 Å². The standard InChI is InChI=1S/C12H10F3N3O3S.C5H13N/c1-18(6-19)5-10(20)17-11-16-8-3-2-7(4-9(8)22-11)21-12(13,14)15;1-3-5-6-4-2/h2-4,6H,5H2,1H3,(H,16,17,20);6H,3-5H2,1-2H3. The lowest BCUT2D eigenvalue weighted by molar-refractivity contribution is -0.274. The van der Waals surface area contributed by atoms with Crippen LogP contribution < -0.4 is 15.4 Å². The van der Waals surface area contributed by atoms with Crippen molar-refractivity contribution in [3.05, 3.63) is 18.2 Å². The molecule has 2 aromatic rings. The molecule has 0 fully saturated rings. The number of amides is 2. The van der Waals surface area contributed by atoms with Gasteiger partial charge in [0.25, 0.3) is 0 Å². The fourth-order valence-electron chi connectivity index (χ4n) is 1.93. The molecule has 0 aliphatic carbocycles. The van der Waals surface area contributed by atoms with Crippen LogP contribution in [0.1, 0.15) is 20.3 Å². The zero-order valence-electron chi connectivity index (χ0n) is 15.8. The molecule has 0 aliphatic rings. The van der Waals surface area contributed by atoms with Gasteiger partial charge in [0.1, 0.15) is 5.75 Å². The number of carbonyl (C=O) groups excluding carboxylic acids is 2. The predicted molar refractivity (Wildman–Crippen MR) is 102 cm³/mol. The van der Waals surface area contributed by atoms with Gasteiger partial charge in [0.05, 0.1) is 16.8 Å². The van der Waals surface area contributed by atoms with E-state index >= 15 is 0 Å². The van der Waals surface area contributed by atoms with Gasteiger partial charge in [-0.3, -0.25) is 9.59 Å². The van der Waals surface area contributed by atoms with Crippen LogP contribution in [0.4, 0.5) is 18.3 Å². The maximum atomic E-state index is 12.1. The molecule has 7 nitrogen and oxygen atoms in total. The topological polar surface area (TPSA) is 83.6 Å². The quantitative estimate of drug-likeness (QED) is 0.506. The van der Waals surface area contributed by atoms with Gasteiger partial charge >= 0.3 is 6.36 Å². The van der Waals surface area contributed by atoms with Crippen LogP contribution in [-0.4, -0.2) is 55.2 Å². The molecule has 0 bridgehead atoms. The van der Waals surface area contributed by atoms with Gasteiger partial charge in [0, 0.05) is 13.1 Å². The molecule has 0 atom stereocenters. The van der Waals surface area contributed by atoms with Crippen molar-refractivity contribution in [3.63, 3.8) is 0 Å². The van der Waals surface area contributed by atoms with E-state index in [1.807, 2.05) is 0 Å². The molecule has 2 amide bonds. The number of halogens is 3. The molecule has 0 unspecified atom stereocenters. The molecule has 1 heterocycles. The highest BCUT2D eigenvalue weighted by molar-refractivity contribution is 7.22. The van der Waals surface area contributed by atoms with Crippen LogP contribution >= 0.6 is 11.3 Å². The highest BCUT2D eigenvalue weighted by Gasteiger charge is 2.31. The summed E-state index contributed by atoms with van der Waals surface area (Å²) in [5.74, 6) is -0.817. The third-order valence-corrected chi connectivity index (χ3v) is 4.02. The number of rotatable bonds is 8. The average molecular weight is 420 g/mol. The van der Waals surface area contributed by atoms with E-state index < -0.39 is 12.3 Å². The summed E-state index contributed by atoms with van der Waals surface area (Å²) in [6.45, 7) is 6.41. The molecule has 1 aromatic heterocycles. The van der Waals surface area contributed by atoms with Crippen molar-refractivity contribution in [1.82, 2.24) is 15.2 Å². The number of carbonyl (C=O) groups is 2. The van der Waals surface area contributed by atoms with E-state index in [2.05, 4.69) is 34.2 Å². The van der Waals surface area contributed by atoms with Crippen LogP contribution in [-0.2, 0) is 9.59 Å².